The first-order chi connectivity index (χ1) is 6.66. The largest absolute Gasteiger partial charge is 0.356 e. The second-order valence-corrected chi connectivity index (χ2v) is 4.45. The standard InChI is InChI=1S/C9H12BrN3O/c10-6-3-8(12-4-6)9(14)13-2-1-7(11)5-13/h3-4,7,12H,1-2,5,11H2/t7-/m1/s1. The molecule has 5 heteroatoms. The molecule has 4 nitrogen and oxygen atoms in total. The van der Waals surface area contributed by atoms with Gasteiger partial charge >= 0.3 is 0 Å². The second-order valence-electron chi connectivity index (χ2n) is 3.53. The number of rotatable bonds is 1. The Bertz CT molecular complexity index is 350. The molecule has 76 valence electrons. The summed E-state index contributed by atoms with van der Waals surface area (Å²) >= 11 is 3.29. The lowest BCUT2D eigenvalue weighted by Gasteiger charge is -2.14. The van der Waals surface area contributed by atoms with E-state index in [1.54, 1.807) is 17.2 Å². The molecule has 1 aromatic rings. The Labute approximate surface area is 90.6 Å². The number of nitrogens with one attached hydrogen (secondary N) is 1. The summed E-state index contributed by atoms with van der Waals surface area (Å²) in [5, 5.41) is 0. The number of hydrogen-bond acceptors (Lipinski definition) is 2. The van der Waals surface area contributed by atoms with Gasteiger partial charge in [-0.05, 0) is 28.4 Å². The molecule has 0 saturated carbocycles. The molecular formula is C9H12BrN3O. The lowest BCUT2D eigenvalue weighted by Crippen LogP contribution is -2.32. The second kappa shape index (κ2) is 3.74. The van der Waals surface area contributed by atoms with Gasteiger partial charge in [-0.3, -0.25) is 4.79 Å². The van der Waals surface area contributed by atoms with Crippen molar-refractivity contribution in [1.82, 2.24) is 9.88 Å². The van der Waals surface area contributed by atoms with Gasteiger partial charge in [-0.15, -0.1) is 0 Å². The summed E-state index contributed by atoms with van der Waals surface area (Å²) in [4.78, 5) is 16.5. The molecule has 1 aromatic heterocycles. The summed E-state index contributed by atoms with van der Waals surface area (Å²) < 4.78 is 0.893. The minimum Gasteiger partial charge on any atom is -0.356 e. The number of nitrogens with two attached hydrogens (primary N) is 1. The molecule has 1 amide bonds. The highest BCUT2D eigenvalue weighted by atomic mass is 79.9. The highest BCUT2D eigenvalue weighted by Crippen LogP contribution is 2.15. The van der Waals surface area contributed by atoms with Gasteiger partial charge in [-0.1, -0.05) is 0 Å². The molecular weight excluding hydrogens is 246 g/mol. The predicted molar refractivity (Wildman–Crippen MR) is 57.0 cm³/mol. The van der Waals surface area contributed by atoms with E-state index >= 15 is 0 Å². The quantitative estimate of drug-likeness (QED) is 0.787. The zero-order valence-corrected chi connectivity index (χ0v) is 9.25. The van der Waals surface area contributed by atoms with E-state index in [0.717, 1.165) is 17.4 Å². The van der Waals surface area contributed by atoms with Crippen LogP contribution in [0.3, 0.4) is 0 Å². The number of likely N-dealkylation sites (tertiary alicyclic amines) is 1. The summed E-state index contributed by atoms with van der Waals surface area (Å²) in [6.07, 6.45) is 2.65. The molecule has 1 aliphatic heterocycles. The maximum absolute atomic E-state index is 11.8. The average Bonchev–Trinajstić information content (AvgIpc) is 2.73. The van der Waals surface area contributed by atoms with E-state index in [1.165, 1.54) is 0 Å². The first-order valence-corrected chi connectivity index (χ1v) is 5.35. The van der Waals surface area contributed by atoms with Gasteiger partial charge in [0.05, 0.1) is 0 Å². The average molecular weight is 258 g/mol. The van der Waals surface area contributed by atoms with Crippen LogP contribution in [0, 0.1) is 0 Å². The topological polar surface area (TPSA) is 62.1 Å². The van der Waals surface area contributed by atoms with Crippen molar-refractivity contribution in [3.63, 3.8) is 0 Å². The fourth-order valence-electron chi connectivity index (χ4n) is 1.63. The molecule has 14 heavy (non-hydrogen) atoms. The predicted octanol–water partition coefficient (Wildman–Crippen LogP) is 0.950. The number of carbonyl (C=O) groups excluding carboxylic acids is 1. The van der Waals surface area contributed by atoms with Gasteiger partial charge in [0, 0.05) is 29.8 Å². The van der Waals surface area contributed by atoms with Crippen molar-refractivity contribution in [2.24, 2.45) is 5.73 Å². The van der Waals surface area contributed by atoms with Crippen LogP contribution in [-0.4, -0.2) is 34.9 Å². The number of carbonyl (C=O) groups is 1. The number of amides is 1. The molecule has 1 saturated heterocycles. The summed E-state index contributed by atoms with van der Waals surface area (Å²) in [5.74, 6) is 0.0312. The minimum atomic E-state index is 0.0312. The molecule has 0 unspecified atom stereocenters. The number of aromatic amines is 1. The van der Waals surface area contributed by atoms with Crippen molar-refractivity contribution in [3.05, 3.63) is 22.4 Å². The van der Waals surface area contributed by atoms with Crippen LogP contribution in [0.25, 0.3) is 0 Å². The first kappa shape index (κ1) is 9.73. The smallest absolute Gasteiger partial charge is 0.270 e. The number of halogens is 1. The van der Waals surface area contributed by atoms with Crippen LogP contribution in [0.1, 0.15) is 16.9 Å². The van der Waals surface area contributed by atoms with Crippen LogP contribution in [0.5, 0.6) is 0 Å². The Morgan fingerprint density at radius 2 is 2.50 bits per heavy atom. The van der Waals surface area contributed by atoms with E-state index in [2.05, 4.69) is 20.9 Å². The van der Waals surface area contributed by atoms with E-state index in [4.69, 9.17) is 5.73 Å². The van der Waals surface area contributed by atoms with Crippen molar-refractivity contribution in [1.29, 1.82) is 0 Å². The number of aromatic nitrogens is 1. The van der Waals surface area contributed by atoms with E-state index < -0.39 is 0 Å². The molecule has 1 fully saturated rings. The van der Waals surface area contributed by atoms with Crippen LogP contribution in [0.2, 0.25) is 0 Å². The van der Waals surface area contributed by atoms with Crippen LogP contribution in [-0.2, 0) is 0 Å². The molecule has 2 heterocycles. The van der Waals surface area contributed by atoms with Crippen molar-refractivity contribution in [2.45, 2.75) is 12.5 Å². The minimum absolute atomic E-state index is 0.0312. The maximum atomic E-state index is 11.8. The molecule has 0 bridgehead atoms. The Balaban J connectivity index is 2.09. The molecule has 0 aliphatic carbocycles. The van der Waals surface area contributed by atoms with Crippen molar-refractivity contribution in [2.75, 3.05) is 13.1 Å². The zero-order valence-electron chi connectivity index (χ0n) is 7.66. The van der Waals surface area contributed by atoms with Crippen molar-refractivity contribution in [3.8, 4) is 0 Å². The molecule has 0 aromatic carbocycles. The van der Waals surface area contributed by atoms with Gasteiger partial charge in [-0.2, -0.15) is 0 Å². The lowest BCUT2D eigenvalue weighted by atomic mass is 10.3. The van der Waals surface area contributed by atoms with E-state index in [-0.39, 0.29) is 11.9 Å². The fraction of sp³-hybridized carbons (Fsp3) is 0.444. The molecule has 1 aliphatic rings. The molecule has 2 rings (SSSR count). The molecule has 0 spiro atoms. The van der Waals surface area contributed by atoms with E-state index in [1.807, 2.05) is 0 Å². The number of H-pyrrole nitrogens is 1. The van der Waals surface area contributed by atoms with Crippen molar-refractivity contribution >= 4 is 21.8 Å². The van der Waals surface area contributed by atoms with Gasteiger partial charge in [0.15, 0.2) is 0 Å². The third-order valence-electron chi connectivity index (χ3n) is 2.39. The van der Waals surface area contributed by atoms with Gasteiger partial charge in [0.2, 0.25) is 0 Å². The maximum Gasteiger partial charge on any atom is 0.270 e. The van der Waals surface area contributed by atoms with Gasteiger partial charge < -0.3 is 15.6 Å². The van der Waals surface area contributed by atoms with Gasteiger partial charge in [0.25, 0.3) is 5.91 Å². The Morgan fingerprint density at radius 1 is 1.71 bits per heavy atom. The molecule has 3 N–H and O–H groups in total. The summed E-state index contributed by atoms with van der Waals surface area (Å²) in [6, 6.07) is 1.92. The van der Waals surface area contributed by atoms with Crippen LogP contribution < -0.4 is 5.73 Å². The third-order valence-corrected chi connectivity index (χ3v) is 2.85. The molecule has 1 atom stereocenters. The highest BCUT2D eigenvalue weighted by Gasteiger charge is 2.25. The monoisotopic (exact) mass is 257 g/mol. The normalized spacial score (nSPS) is 21.6. The third kappa shape index (κ3) is 1.83. The van der Waals surface area contributed by atoms with E-state index in [0.29, 0.717) is 12.2 Å². The zero-order chi connectivity index (χ0) is 10.1. The van der Waals surface area contributed by atoms with E-state index in [9.17, 15) is 4.79 Å². The fourth-order valence-corrected chi connectivity index (χ4v) is 1.98. The lowest BCUT2D eigenvalue weighted by molar-refractivity contribution is 0.0786. The molecule has 0 radical (unpaired) electrons. The number of hydrogen-bond donors (Lipinski definition) is 2. The summed E-state index contributed by atoms with van der Waals surface area (Å²) in [5.41, 5.74) is 6.35. The van der Waals surface area contributed by atoms with Crippen LogP contribution in [0.15, 0.2) is 16.7 Å². The van der Waals surface area contributed by atoms with Gasteiger partial charge in [-0.25, -0.2) is 0 Å². The summed E-state index contributed by atoms with van der Waals surface area (Å²) in [7, 11) is 0. The Morgan fingerprint density at radius 3 is 3.00 bits per heavy atom. The Kier molecular flexibility index (Phi) is 2.60. The van der Waals surface area contributed by atoms with Gasteiger partial charge in [0.1, 0.15) is 5.69 Å². The Hall–Kier alpha value is -0.810. The van der Waals surface area contributed by atoms with Crippen LogP contribution in [0.4, 0.5) is 0 Å². The van der Waals surface area contributed by atoms with Crippen LogP contribution >= 0.6 is 15.9 Å². The highest BCUT2D eigenvalue weighted by molar-refractivity contribution is 9.10. The SMILES string of the molecule is N[C@@H]1CCN(C(=O)c2cc(Br)c[nH]2)C1. The first-order valence-electron chi connectivity index (χ1n) is 4.55. The summed E-state index contributed by atoms with van der Waals surface area (Å²) in [6.45, 7) is 1.42. The number of nitrogens with zero attached hydrogens (tertiary/aromatic N) is 1. The van der Waals surface area contributed by atoms with Crippen molar-refractivity contribution < 1.29 is 4.79 Å².